The molecule has 0 aromatic heterocycles. The Kier molecular flexibility index (Phi) is 4.33. The fourth-order valence-electron chi connectivity index (χ4n) is 2.42. The molecule has 0 aliphatic carbocycles. The van der Waals surface area contributed by atoms with E-state index in [1.54, 1.807) is 0 Å². The van der Waals surface area contributed by atoms with Gasteiger partial charge in [-0.25, -0.2) is 0 Å². The molecule has 4 nitrogen and oxygen atoms in total. The summed E-state index contributed by atoms with van der Waals surface area (Å²) in [6, 6.07) is -0.357. The predicted octanol–water partition coefficient (Wildman–Crippen LogP) is 0.700. The number of aliphatic hydroxyl groups excluding tert-OH is 1. The second-order valence-electron chi connectivity index (χ2n) is 5.27. The van der Waals surface area contributed by atoms with Gasteiger partial charge >= 0.3 is 0 Å². The second-order valence-corrected chi connectivity index (χ2v) is 5.27. The van der Waals surface area contributed by atoms with Crippen LogP contribution in [0.5, 0.6) is 0 Å². The molecule has 0 aromatic carbocycles. The van der Waals surface area contributed by atoms with Crippen molar-refractivity contribution in [2.45, 2.75) is 45.2 Å². The number of amides is 1. The summed E-state index contributed by atoms with van der Waals surface area (Å²) < 4.78 is 0. The molecular weight excluding hydrogens is 204 g/mol. The Bertz CT molecular complexity index is 253. The average Bonchev–Trinajstić information content (AvgIpc) is 2.16. The third-order valence-electron chi connectivity index (χ3n) is 3.36. The summed E-state index contributed by atoms with van der Waals surface area (Å²) in [5.41, 5.74) is -0.132. The van der Waals surface area contributed by atoms with Gasteiger partial charge < -0.3 is 10.0 Å². The van der Waals surface area contributed by atoms with Crippen LogP contribution in [-0.2, 0) is 4.79 Å². The van der Waals surface area contributed by atoms with Gasteiger partial charge in [0.1, 0.15) is 6.04 Å². The molecule has 0 radical (unpaired) electrons. The number of aliphatic hydroxyl groups is 1. The molecule has 1 saturated heterocycles. The molecule has 1 aliphatic rings. The molecule has 94 valence electrons. The largest absolute Gasteiger partial charge is 0.394 e. The first-order chi connectivity index (χ1) is 7.44. The summed E-state index contributed by atoms with van der Waals surface area (Å²) in [5.74, 6) is 0.0645. The van der Waals surface area contributed by atoms with Crippen LogP contribution in [-0.4, -0.2) is 59.1 Å². The highest BCUT2D eigenvalue weighted by Gasteiger charge is 2.42. The quantitative estimate of drug-likeness (QED) is 0.770. The summed E-state index contributed by atoms with van der Waals surface area (Å²) in [4.78, 5) is 16.1. The van der Waals surface area contributed by atoms with Gasteiger partial charge in [0.2, 0.25) is 5.91 Å². The van der Waals surface area contributed by atoms with Crippen LogP contribution in [0, 0.1) is 0 Å². The highest BCUT2D eigenvalue weighted by molar-refractivity contribution is 5.83. The molecule has 1 aliphatic heterocycles. The minimum Gasteiger partial charge on any atom is -0.394 e. The Morgan fingerprint density at radius 3 is 2.62 bits per heavy atom. The van der Waals surface area contributed by atoms with Crippen molar-refractivity contribution in [1.82, 2.24) is 9.80 Å². The molecule has 1 atom stereocenters. The van der Waals surface area contributed by atoms with Crippen molar-refractivity contribution in [1.29, 1.82) is 0 Å². The molecule has 1 amide bonds. The van der Waals surface area contributed by atoms with Crippen molar-refractivity contribution in [3.8, 4) is 0 Å². The number of rotatable bonds is 4. The topological polar surface area (TPSA) is 43.8 Å². The van der Waals surface area contributed by atoms with Crippen molar-refractivity contribution in [3.63, 3.8) is 0 Å². The van der Waals surface area contributed by atoms with E-state index in [2.05, 4.69) is 20.8 Å². The molecule has 1 heterocycles. The van der Waals surface area contributed by atoms with Crippen LogP contribution in [0.4, 0.5) is 0 Å². The van der Waals surface area contributed by atoms with Crippen LogP contribution in [0.15, 0.2) is 0 Å². The van der Waals surface area contributed by atoms with E-state index >= 15 is 0 Å². The lowest BCUT2D eigenvalue weighted by atomic mass is 9.95. The van der Waals surface area contributed by atoms with Gasteiger partial charge in [0, 0.05) is 18.6 Å². The van der Waals surface area contributed by atoms with E-state index in [0.717, 1.165) is 25.9 Å². The zero-order chi connectivity index (χ0) is 12.3. The number of likely N-dealkylation sites (N-methyl/N-ethyl adjacent to an activating group) is 1. The zero-order valence-corrected chi connectivity index (χ0v) is 10.9. The van der Waals surface area contributed by atoms with Crippen molar-refractivity contribution in [3.05, 3.63) is 0 Å². The van der Waals surface area contributed by atoms with Crippen LogP contribution in [0.1, 0.15) is 33.6 Å². The minimum absolute atomic E-state index is 0.0645. The maximum atomic E-state index is 12.2. The summed E-state index contributed by atoms with van der Waals surface area (Å²) in [6.07, 6.45) is 2.11. The first-order valence-electron chi connectivity index (χ1n) is 6.06. The fourth-order valence-corrected chi connectivity index (χ4v) is 2.42. The molecule has 16 heavy (non-hydrogen) atoms. The smallest absolute Gasteiger partial charge is 0.242 e. The van der Waals surface area contributed by atoms with Crippen molar-refractivity contribution < 1.29 is 9.90 Å². The normalized spacial score (nSPS) is 26.2. The molecule has 1 unspecified atom stereocenters. The van der Waals surface area contributed by atoms with Crippen LogP contribution >= 0.6 is 0 Å². The number of piperazine rings is 1. The summed E-state index contributed by atoms with van der Waals surface area (Å²) >= 11 is 0. The summed E-state index contributed by atoms with van der Waals surface area (Å²) in [7, 11) is 1.90. The zero-order valence-electron chi connectivity index (χ0n) is 10.9. The summed E-state index contributed by atoms with van der Waals surface area (Å²) in [5, 5.41) is 9.26. The van der Waals surface area contributed by atoms with Crippen molar-refractivity contribution >= 4 is 5.91 Å². The SMILES string of the molecule is CCCCN1C(=O)C(CO)N(C)CC1(C)C. The number of nitrogens with zero attached hydrogens (tertiary/aromatic N) is 2. The Labute approximate surface area is 98.2 Å². The van der Waals surface area contributed by atoms with Gasteiger partial charge in [0.25, 0.3) is 0 Å². The monoisotopic (exact) mass is 228 g/mol. The lowest BCUT2D eigenvalue weighted by Crippen LogP contribution is -2.66. The molecular formula is C12H24N2O2. The van der Waals surface area contributed by atoms with Gasteiger partial charge in [-0.3, -0.25) is 9.69 Å². The van der Waals surface area contributed by atoms with Gasteiger partial charge in [-0.15, -0.1) is 0 Å². The van der Waals surface area contributed by atoms with Crippen molar-refractivity contribution in [2.24, 2.45) is 0 Å². The first kappa shape index (κ1) is 13.5. The average molecular weight is 228 g/mol. The predicted molar refractivity (Wildman–Crippen MR) is 64.2 cm³/mol. The van der Waals surface area contributed by atoms with Gasteiger partial charge in [-0.1, -0.05) is 13.3 Å². The van der Waals surface area contributed by atoms with Gasteiger partial charge in [0.05, 0.1) is 6.61 Å². The number of hydrogen-bond acceptors (Lipinski definition) is 3. The highest BCUT2D eigenvalue weighted by Crippen LogP contribution is 2.24. The van der Waals surface area contributed by atoms with Crippen LogP contribution in [0.25, 0.3) is 0 Å². The minimum atomic E-state index is -0.357. The standard InChI is InChI=1S/C12H24N2O2/c1-5-6-7-14-11(16)10(8-15)13(4)9-12(14,2)3/h10,15H,5-9H2,1-4H3. The first-order valence-corrected chi connectivity index (χ1v) is 6.06. The Morgan fingerprint density at radius 1 is 1.50 bits per heavy atom. The van der Waals surface area contributed by atoms with E-state index in [1.165, 1.54) is 0 Å². The number of carbonyl (C=O) groups is 1. The molecule has 4 heteroatoms. The molecule has 0 saturated carbocycles. The van der Waals surface area contributed by atoms with Crippen LogP contribution in [0.2, 0.25) is 0 Å². The third kappa shape index (κ3) is 2.55. The lowest BCUT2D eigenvalue weighted by molar-refractivity contribution is -0.152. The van der Waals surface area contributed by atoms with Crippen molar-refractivity contribution in [2.75, 3.05) is 26.7 Å². The van der Waals surface area contributed by atoms with E-state index in [1.807, 2.05) is 16.8 Å². The third-order valence-corrected chi connectivity index (χ3v) is 3.36. The van der Waals surface area contributed by atoms with E-state index in [4.69, 9.17) is 0 Å². The number of carbonyl (C=O) groups excluding carboxylic acids is 1. The molecule has 1 rings (SSSR count). The lowest BCUT2D eigenvalue weighted by Gasteiger charge is -2.49. The molecule has 1 fully saturated rings. The molecule has 0 bridgehead atoms. The summed E-state index contributed by atoms with van der Waals surface area (Å²) in [6.45, 7) is 7.82. The second kappa shape index (κ2) is 5.15. The maximum absolute atomic E-state index is 12.2. The van der Waals surface area contributed by atoms with E-state index in [-0.39, 0.29) is 24.1 Å². The number of unbranched alkanes of at least 4 members (excludes halogenated alkanes) is 1. The van der Waals surface area contributed by atoms with E-state index in [0.29, 0.717) is 0 Å². The molecule has 1 N–H and O–H groups in total. The fraction of sp³-hybridized carbons (Fsp3) is 0.917. The highest BCUT2D eigenvalue weighted by atomic mass is 16.3. The Balaban J connectivity index is 2.81. The Morgan fingerprint density at radius 2 is 2.12 bits per heavy atom. The van der Waals surface area contributed by atoms with Crippen LogP contribution in [0.3, 0.4) is 0 Å². The Hall–Kier alpha value is -0.610. The van der Waals surface area contributed by atoms with E-state index in [9.17, 15) is 9.90 Å². The maximum Gasteiger partial charge on any atom is 0.242 e. The van der Waals surface area contributed by atoms with Gasteiger partial charge in [0.15, 0.2) is 0 Å². The van der Waals surface area contributed by atoms with Gasteiger partial charge in [-0.05, 0) is 27.3 Å². The number of hydrogen-bond donors (Lipinski definition) is 1. The van der Waals surface area contributed by atoms with Crippen LogP contribution < -0.4 is 0 Å². The molecule has 0 spiro atoms. The molecule has 0 aromatic rings. The van der Waals surface area contributed by atoms with E-state index < -0.39 is 0 Å². The van der Waals surface area contributed by atoms with Gasteiger partial charge in [-0.2, -0.15) is 0 Å².